The van der Waals surface area contributed by atoms with Crippen molar-refractivity contribution in [2.45, 2.75) is 43.7 Å². The maximum atomic E-state index is 15.3. The summed E-state index contributed by atoms with van der Waals surface area (Å²) in [6, 6.07) is 17.2. The smallest absolute Gasteiger partial charge is 0.175 e. The van der Waals surface area contributed by atoms with Gasteiger partial charge in [0.2, 0.25) is 0 Å². The molecule has 3 heterocycles. The summed E-state index contributed by atoms with van der Waals surface area (Å²) in [5.41, 5.74) is 6.21. The lowest BCUT2D eigenvalue weighted by molar-refractivity contribution is 0.0609. The largest absolute Gasteiger partial charge is 0.327 e. The molecule has 0 saturated carbocycles. The molecular formula is C31H35FN4O2S. The van der Waals surface area contributed by atoms with Gasteiger partial charge in [-0.15, -0.1) is 0 Å². The molecule has 0 unspecified atom stereocenters. The Bertz CT molecular complexity index is 1630. The number of fused-ring (bicyclic) bond motifs is 1. The van der Waals surface area contributed by atoms with E-state index in [0.717, 1.165) is 57.8 Å². The highest BCUT2D eigenvalue weighted by Gasteiger charge is 2.28. The fourth-order valence-corrected chi connectivity index (χ4v) is 6.61. The molecule has 0 atom stereocenters. The molecule has 3 aromatic carbocycles. The normalized spacial score (nSPS) is 17.5. The Morgan fingerprint density at radius 1 is 0.923 bits per heavy atom. The number of likely N-dealkylation sites (tertiary alicyclic amines) is 2. The fourth-order valence-electron chi connectivity index (χ4n) is 5.98. The topological polar surface area (TPSA) is 58.4 Å². The molecule has 0 radical (unpaired) electrons. The SMILES string of the molecule is Cc1cc(-c2ccc(CN3CCC(N4CCC4)CC3)c(F)c2)cc2c1nc(-c1ccc(S(C)(=O)=O)cc1)n2C. The van der Waals surface area contributed by atoms with Crippen LogP contribution in [0.5, 0.6) is 0 Å². The Morgan fingerprint density at radius 3 is 2.23 bits per heavy atom. The number of imidazole rings is 1. The average molecular weight is 547 g/mol. The second kappa shape index (κ2) is 10.2. The second-order valence-electron chi connectivity index (χ2n) is 11.2. The van der Waals surface area contributed by atoms with Gasteiger partial charge in [-0.2, -0.15) is 0 Å². The van der Waals surface area contributed by atoms with E-state index >= 15 is 4.39 Å². The van der Waals surface area contributed by atoms with Crippen LogP contribution in [0, 0.1) is 12.7 Å². The Kier molecular flexibility index (Phi) is 6.81. The first-order valence-corrected chi connectivity index (χ1v) is 15.6. The van der Waals surface area contributed by atoms with E-state index in [1.54, 1.807) is 30.3 Å². The Balaban J connectivity index is 1.23. The molecule has 8 heteroatoms. The Labute approximate surface area is 230 Å². The van der Waals surface area contributed by atoms with Gasteiger partial charge in [0.15, 0.2) is 9.84 Å². The minimum Gasteiger partial charge on any atom is -0.327 e. The predicted octanol–water partition coefficient (Wildman–Crippen LogP) is 5.43. The van der Waals surface area contributed by atoms with Gasteiger partial charge in [-0.05, 0) is 112 Å². The van der Waals surface area contributed by atoms with Crippen molar-refractivity contribution in [1.82, 2.24) is 19.4 Å². The van der Waals surface area contributed by atoms with Crippen LogP contribution in [0.15, 0.2) is 59.5 Å². The molecule has 2 fully saturated rings. The molecule has 0 amide bonds. The molecule has 1 aromatic heterocycles. The van der Waals surface area contributed by atoms with Gasteiger partial charge in [0.1, 0.15) is 11.6 Å². The number of nitrogens with zero attached hydrogens (tertiary/aromatic N) is 4. The van der Waals surface area contributed by atoms with Crippen molar-refractivity contribution in [2.75, 3.05) is 32.4 Å². The van der Waals surface area contributed by atoms with E-state index in [2.05, 4.69) is 21.9 Å². The summed E-state index contributed by atoms with van der Waals surface area (Å²) in [4.78, 5) is 10.1. The van der Waals surface area contributed by atoms with Crippen molar-refractivity contribution in [2.24, 2.45) is 7.05 Å². The van der Waals surface area contributed by atoms with E-state index in [1.807, 2.05) is 30.7 Å². The molecule has 0 aliphatic carbocycles. The summed E-state index contributed by atoms with van der Waals surface area (Å²) in [5, 5.41) is 0. The van der Waals surface area contributed by atoms with E-state index in [9.17, 15) is 8.42 Å². The fraction of sp³-hybridized carbons (Fsp3) is 0.387. The van der Waals surface area contributed by atoms with Gasteiger partial charge in [0, 0.05) is 37.0 Å². The van der Waals surface area contributed by atoms with E-state index in [4.69, 9.17) is 4.98 Å². The maximum Gasteiger partial charge on any atom is 0.175 e. The number of aryl methyl sites for hydroxylation is 2. The van der Waals surface area contributed by atoms with Gasteiger partial charge >= 0.3 is 0 Å². The van der Waals surface area contributed by atoms with Crippen LogP contribution < -0.4 is 0 Å². The lowest BCUT2D eigenvalue weighted by atomic mass is 9.98. The summed E-state index contributed by atoms with van der Waals surface area (Å²) in [7, 11) is -1.31. The highest BCUT2D eigenvalue weighted by atomic mass is 32.2. The number of aromatic nitrogens is 2. The summed E-state index contributed by atoms with van der Waals surface area (Å²) in [5.74, 6) is 0.594. The van der Waals surface area contributed by atoms with E-state index in [-0.39, 0.29) is 10.7 Å². The molecule has 39 heavy (non-hydrogen) atoms. The Morgan fingerprint density at radius 2 is 1.62 bits per heavy atom. The van der Waals surface area contributed by atoms with Crippen molar-refractivity contribution in [3.8, 4) is 22.5 Å². The van der Waals surface area contributed by atoms with E-state index in [1.165, 1.54) is 38.6 Å². The number of hydrogen-bond acceptors (Lipinski definition) is 5. The minimum atomic E-state index is -3.26. The van der Waals surface area contributed by atoms with Gasteiger partial charge < -0.3 is 9.47 Å². The van der Waals surface area contributed by atoms with Crippen molar-refractivity contribution < 1.29 is 12.8 Å². The van der Waals surface area contributed by atoms with Gasteiger partial charge in [-0.25, -0.2) is 17.8 Å². The lowest BCUT2D eigenvalue weighted by Gasteiger charge is -2.43. The van der Waals surface area contributed by atoms with Crippen molar-refractivity contribution in [3.05, 3.63) is 71.5 Å². The number of halogens is 1. The van der Waals surface area contributed by atoms with E-state index in [0.29, 0.717) is 12.6 Å². The number of sulfone groups is 1. The summed E-state index contributed by atoms with van der Waals surface area (Å²) in [6.07, 6.45) is 4.88. The first-order valence-electron chi connectivity index (χ1n) is 13.7. The number of benzene rings is 3. The van der Waals surface area contributed by atoms with E-state index < -0.39 is 9.84 Å². The van der Waals surface area contributed by atoms with Crippen LogP contribution in [0.4, 0.5) is 4.39 Å². The van der Waals surface area contributed by atoms with Crippen LogP contribution >= 0.6 is 0 Å². The molecule has 6 nitrogen and oxygen atoms in total. The zero-order valence-corrected chi connectivity index (χ0v) is 23.6. The van der Waals surface area contributed by atoms with Gasteiger partial charge in [0.05, 0.1) is 15.9 Å². The molecule has 4 aromatic rings. The third kappa shape index (κ3) is 5.13. The molecule has 0 spiro atoms. The van der Waals surface area contributed by atoms with Crippen LogP contribution in [-0.2, 0) is 23.4 Å². The van der Waals surface area contributed by atoms with Gasteiger partial charge in [0.25, 0.3) is 0 Å². The monoisotopic (exact) mass is 546 g/mol. The number of piperidine rings is 1. The minimum absolute atomic E-state index is 0.160. The highest BCUT2D eigenvalue weighted by molar-refractivity contribution is 7.90. The number of hydrogen-bond donors (Lipinski definition) is 0. The average Bonchev–Trinajstić information content (AvgIpc) is 3.22. The highest BCUT2D eigenvalue weighted by Crippen LogP contribution is 2.32. The molecule has 0 bridgehead atoms. The summed E-state index contributed by atoms with van der Waals surface area (Å²) < 4.78 is 41.0. The third-order valence-electron chi connectivity index (χ3n) is 8.46. The lowest BCUT2D eigenvalue weighted by Crippen LogP contribution is -2.50. The van der Waals surface area contributed by atoms with Crippen LogP contribution in [0.2, 0.25) is 0 Å². The van der Waals surface area contributed by atoms with Crippen molar-refractivity contribution in [1.29, 1.82) is 0 Å². The molecule has 0 N–H and O–H groups in total. The number of rotatable bonds is 6. The van der Waals surface area contributed by atoms with Crippen molar-refractivity contribution >= 4 is 20.9 Å². The summed E-state index contributed by atoms with van der Waals surface area (Å²) >= 11 is 0. The Hall–Kier alpha value is -3.07. The van der Waals surface area contributed by atoms with Gasteiger partial charge in [-0.3, -0.25) is 4.90 Å². The van der Waals surface area contributed by atoms with Crippen LogP contribution in [0.25, 0.3) is 33.5 Å². The molecule has 2 saturated heterocycles. The summed E-state index contributed by atoms with van der Waals surface area (Å²) in [6.45, 7) is 7.20. The second-order valence-corrected chi connectivity index (χ2v) is 13.2. The molecule has 204 valence electrons. The zero-order chi connectivity index (χ0) is 27.3. The molecular weight excluding hydrogens is 511 g/mol. The zero-order valence-electron chi connectivity index (χ0n) is 22.8. The molecule has 6 rings (SSSR count). The van der Waals surface area contributed by atoms with Gasteiger partial charge in [-0.1, -0.05) is 12.1 Å². The van der Waals surface area contributed by atoms with Crippen molar-refractivity contribution in [3.63, 3.8) is 0 Å². The third-order valence-corrected chi connectivity index (χ3v) is 9.59. The molecule has 2 aliphatic heterocycles. The molecule has 2 aliphatic rings. The van der Waals surface area contributed by atoms with Crippen LogP contribution in [-0.4, -0.2) is 66.2 Å². The quantitative estimate of drug-likeness (QED) is 0.323. The first-order chi connectivity index (χ1) is 18.7. The standard InChI is InChI=1S/C31H35FN4O2S/c1-21-17-25(19-29-30(21)33-31(34(29)2)22-7-9-27(10-8-22)39(3,37)38)23-5-6-24(28(32)18-23)20-35-15-11-26(12-16-35)36-13-4-14-36/h5-10,17-19,26H,4,11-16,20H2,1-3H3. The predicted molar refractivity (Wildman–Crippen MR) is 154 cm³/mol. The maximum absolute atomic E-state index is 15.3. The van der Waals surface area contributed by atoms with Crippen LogP contribution in [0.1, 0.15) is 30.4 Å². The first kappa shape index (κ1) is 26.2. The van der Waals surface area contributed by atoms with Crippen LogP contribution in [0.3, 0.4) is 0 Å².